The number of carbonyl (C=O) groups excluding carboxylic acids is 1. The molecule has 5 rings (SSSR count). The third kappa shape index (κ3) is 4.39. The normalized spacial score (nSPS) is 15.8. The smallest absolute Gasteiger partial charge is 0.282 e. The fraction of sp³-hybridized carbons (Fsp3) is 0.296. The number of para-hydroxylation sites is 1. The molecule has 3 heterocycles. The Bertz CT molecular complexity index is 1320. The van der Waals surface area contributed by atoms with Crippen molar-refractivity contribution in [1.82, 2.24) is 14.3 Å². The number of rotatable bonds is 6. The van der Waals surface area contributed by atoms with Crippen LogP contribution in [0.5, 0.6) is 0 Å². The molecule has 0 saturated carbocycles. The molecule has 1 atom stereocenters. The van der Waals surface area contributed by atoms with Crippen LogP contribution in [0.3, 0.4) is 0 Å². The van der Waals surface area contributed by atoms with Crippen molar-refractivity contribution in [3.05, 3.63) is 88.5 Å². The predicted octanol–water partition coefficient (Wildman–Crippen LogP) is 4.69. The minimum absolute atomic E-state index is 0.0706. The molecule has 7 heteroatoms. The summed E-state index contributed by atoms with van der Waals surface area (Å²) in [5, 5.41) is 7.53. The Kier molecular flexibility index (Phi) is 6.02. The van der Waals surface area contributed by atoms with E-state index in [2.05, 4.69) is 24.3 Å². The minimum Gasteiger partial charge on any atom is -0.376 e. The number of nitrogens with one attached hydrogen (secondary N) is 1. The topological polar surface area (TPSA) is 78.2 Å². The predicted molar refractivity (Wildman–Crippen MR) is 132 cm³/mol. The molecule has 0 aromatic heterocycles. The maximum absolute atomic E-state index is 13.4. The Morgan fingerprint density at radius 3 is 2.56 bits per heavy atom. The number of pyridine rings is 1. The van der Waals surface area contributed by atoms with Gasteiger partial charge in [-0.1, -0.05) is 44.2 Å². The largest absolute Gasteiger partial charge is 0.376 e. The summed E-state index contributed by atoms with van der Waals surface area (Å²) in [6, 6.07) is 17.1. The van der Waals surface area contributed by atoms with Gasteiger partial charge in [0.15, 0.2) is 0 Å². The Hall–Kier alpha value is -3.71. The molecule has 1 amide bonds. The molecule has 2 aromatic rings. The second-order valence-corrected chi connectivity index (χ2v) is 9.05. The van der Waals surface area contributed by atoms with E-state index in [-0.39, 0.29) is 17.6 Å². The zero-order valence-electron chi connectivity index (χ0n) is 19.4. The van der Waals surface area contributed by atoms with E-state index in [4.69, 9.17) is 4.74 Å². The number of hydrogen-bond donors (Lipinski definition) is 1. The van der Waals surface area contributed by atoms with Crippen LogP contribution in [0.25, 0.3) is 16.9 Å². The lowest BCUT2D eigenvalue weighted by molar-refractivity contribution is 0.0961. The molecule has 0 bridgehead atoms. The average Bonchev–Trinajstić information content (AvgIpc) is 3.47. The summed E-state index contributed by atoms with van der Waals surface area (Å²) in [5.41, 5.74) is 3.45. The van der Waals surface area contributed by atoms with E-state index in [1.165, 1.54) is 10.2 Å². The highest BCUT2D eigenvalue weighted by atomic mass is 16.5. The summed E-state index contributed by atoms with van der Waals surface area (Å²) in [5.74, 6) is 0.106. The molecule has 34 heavy (non-hydrogen) atoms. The average molecular weight is 457 g/mol. The third-order valence-corrected chi connectivity index (χ3v) is 6.24. The van der Waals surface area contributed by atoms with Gasteiger partial charge < -0.3 is 14.6 Å². The first-order valence-electron chi connectivity index (χ1n) is 11.7. The second kappa shape index (κ2) is 9.27. The summed E-state index contributed by atoms with van der Waals surface area (Å²) in [4.78, 5) is 26.7. The van der Waals surface area contributed by atoms with Crippen molar-refractivity contribution < 1.29 is 9.53 Å². The SMILES string of the molecule is CC(C)c1ccc(NC(=O)c2cn(C[C@@H]3CCCO3)cc3c(=O)n(-c4ccccc4)nc2-3)cc1. The highest BCUT2D eigenvalue weighted by molar-refractivity contribution is 6.08. The van der Waals surface area contributed by atoms with Gasteiger partial charge >= 0.3 is 0 Å². The van der Waals surface area contributed by atoms with Crippen LogP contribution in [0.1, 0.15) is 48.5 Å². The molecule has 3 aliphatic rings. The van der Waals surface area contributed by atoms with Crippen LogP contribution < -0.4 is 10.9 Å². The fourth-order valence-electron chi connectivity index (χ4n) is 4.35. The maximum Gasteiger partial charge on any atom is 0.282 e. The van der Waals surface area contributed by atoms with Gasteiger partial charge in [0.25, 0.3) is 11.5 Å². The summed E-state index contributed by atoms with van der Waals surface area (Å²) < 4.78 is 9.02. The molecule has 1 N–H and O–H groups in total. The van der Waals surface area contributed by atoms with E-state index in [9.17, 15) is 9.59 Å². The molecule has 0 unspecified atom stereocenters. The molecule has 3 aliphatic heterocycles. The zero-order valence-corrected chi connectivity index (χ0v) is 19.4. The molecule has 174 valence electrons. The van der Waals surface area contributed by atoms with Crippen molar-refractivity contribution in [3.8, 4) is 16.9 Å². The third-order valence-electron chi connectivity index (χ3n) is 6.24. The molecule has 0 spiro atoms. The number of carbonyl (C=O) groups is 1. The first-order chi connectivity index (χ1) is 16.5. The van der Waals surface area contributed by atoms with E-state index >= 15 is 0 Å². The van der Waals surface area contributed by atoms with Gasteiger partial charge in [-0.25, -0.2) is 0 Å². The van der Waals surface area contributed by atoms with Gasteiger partial charge in [-0.05, 0) is 48.6 Å². The lowest BCUT2D eigenvalue weighted by Gasteiger charge is -2.16. The van der Waals surface area contributed by atoms with Crippen LogP contribution >= 0.6 is 0 Å². The van der Waals surface area contributed by atoms with E-state index in [1.807, 2.05) is 59.2 Å². The summed E-state index contributed by atoms with van der Waals surface area (Å²) in [7, 11) is 0. The standard InChI is InChI=1S/C27H28N4O3/c1-18(2)19-10-12-20(13-11-19)28-26(32)23-16-30(15-22-9-6-14-34-22)17-24-25(23)29-31(27(24)33)21-7-4-3-5-8-21/h3-5,7-8,10-13,16-18,22H,6,9,14-15H2,1-2H3,(H,28,32)/t22-/m0/s1. The number of hydrogen-bond acceptors (Lipinski definition) is 4. The highest BCUT2D eigenvalue weighted by Crippen LogP contribution is 2.25. The summed E-state index contributed by atoms with van der Waals surface area (Å²) in [6.07, 6.45) is 5.60. The van der Waals surface area contributed by atoms with Crippen LogP contribution in [0.4, 0.5) is 5.69 Å². The molecule has 0 radical (unpaired) electrons. The minimum atomic E-state index is -0.304. The van der Waals surface area contributed by atoms with Crippen molar-refractivity contribution in [3.63, 3.8) is 0 Å². The van der Waals surface area contributed by atoms with Gasteiger partial charge in [-0.15, -0.1) is 0 Å². The lowest BCUT2D eigenvalue weighted by atomic mass is 10.0. The summed E-state index contributed by atoms with van der Waals surface area (Å²) >= 11 is 0. The summed E-state index contributed by atoms with van der Waals surface area (Å²) in [6.45, 7) is 5.58. The molecule has 7 nitrogen and oxygen atoms in total. The number of benzene rings is 2. The van der Waals surface area contributed by atoms with Crippen LogP contribution in [-0.4, -0.2) is 33.0 Å². The number of anilines is 1. The maximum atomic E-state index is 13.4. The second-order valence-electron chi connectivity index (χ2n) is 9.05. The fourth-order valence-corrected chi connectivity index (χ4v) is 4.35. The number of nitrogens with zero attached hydrogens (tertiary/aromatic N) is 3. The van der Waals surface area contributed by atoms with E-state index < -0.39 is 0 Å². The molecule has 1 fully saturated rings. The Balaban J connectivity index is 1.55. The Morgan fingerprint density at radius 2 is 1.88 bits per heavy atom. The number of amides is 1. The lowest BCUT2D eigenvalue weighted by Crippen LogP contribution is -2.20. The molecule has 0 aliphatic carbocycles. The Labute approximate surface area is 198 Å². The van der Waals surface area contributed by atoms with Crippen molar-refractivity contribution in [2.24, 2.45) is 0 Å². The first kappa shape index (κ1) is 22.1. The molecule has 1 saturated heterocycles. The van der Waals surface area contributed by atoms with Gasteiger partial charge in [-0.2, -0.15) is 9.78 Å². The number of aromatic nitrogens is 3. The van der Waals surface area contributed by atoms with Crippen molar-refractivity contribution in [2.45, 2.75) is 45.3 Å². The van der Waals surface area contributed by atoms with Crippen molar-refractivity contribution >= 4 is 11.6 Å². The van der Waals surface area contributed by atoms with Gasteiger partial charge in [0.05, 0.1) is 22.9 Å². The van der Waals surface area contributed by atoms with Gasteiger partial charge in [0, 0.05) is 31.2 Å². The number of fused-ring (bicyclic) bond motifs is 1. The monoisotopic (exact) mass is 456 g/mol. The van der Waals surface area contributed by atoms with Gasteiger partial charge in [0.1, 0.15) is 5.69 Å². The van der Waals surface area contributed by atoms with Crippen LogP contribution in [-0.2, 0) is 11.3 Å². The van der Waals surface area contributed by atoms with Crippen molar-refractivity contribution in [1.29, 1.82) is 0 Å². The Morgan fingerprint density at radius 1 is 1.12 bits per heavy atom. The highest BCUT2D eigenvalue weighted by Gasteiger charge is 2.26. The quantitative estimate of drug-likeness (QED) is 0.456. The van der Waals surface area contributed by atoms with E-state index in [0.717, 1.165) is 19.4 Å². The molecule has 2 aromatic carbocycles. The van der Waals surface area contributed by atoms with E-state index in [1.54, 1.807) is 12.4 Å². The van der Waals surface area contributed by atoms with Crippen LogP contribution in [0, 0.1) is 0 Å². The van der Waals surface area contributed by atoms with Gasteiger partial charge in [-0.3, -0.25) is 9.59 Å². The van der Waals surface area contributed by atoms with E-state index in [0.29, 0.717) is 40.7 Å². The van der Waals surface area contributed by atoms with Crippen LogP contribution in [0.15, 0.2) is 71.8 Å². The zero-order chi connectivity index (χ0) is 23.7. The van der Waals surface area contributed by atoms with Crippen molar-refractivity contribution in [2.75, 3.05) is 11.9 Å². The molecular weight excluding hydrogens is 428 g/mol. The molecular formula is C27H28N4O3. The van der Waals surface area contributed by atoms with Crippen LogP contribution in [0.2, 0.25) is 0 Å². The first-order valence-corrected chi connectivity index (χ1v) is 11.7. The number of ether oxygens (including phenoxy) is 1. The van der Waals surface area contributed by atoms with Gasteiger partial charge in [0.2, 0.25) is 0 Å².